The summed E-state index contributed by atoms with van der Waals surface area (Å²) in [5.74, 6) is -0.918. The Bertz CT molecular complexity index is 891. The van der Waals surface area contributed by atoms with Gasteiger partial charge in [-0.15, -0.1) is 0 Å². The molecule has 2 aromatic rings. The minimum absolute atomic E-state index is 0.0533. The molecule has 0 saturated heterocycles. The molecule has 1 amide bonds. The number of hydroxylamine groups is 2. The van der Waals surface area contributed by atoms with Gasteiger partial charge in [-0.2, -0.15) is 5.06 Å². The Balaban J connectivity index is 1.83. The minimum Gasteiger partial charge on any atom is -0.488 e. The van der Waals surface area contributed by atoms with Crippen LogP contribution in [-0.4, -0.2) is 30.3 Å². The molecule has 2 aromatic carbocycles. The van der Waals surface area contributed by atoms with E-state index in [9.17, 15) is 18.4 Å². The molecule has 0 fully saturated rings. The number of benzene rings is 2. The smallest absolute Gasteiger partial charge is 0.239 e. The van der Waals surface area contributed by atoms with Gasteiger partial charge >= 0.3 is 0 Å². The van der Waals surface area contributed by atoms with Crippen molar-refractivity contribution in [3.05, 3.63) is 64.7 Å². The summed E-state index contributed by atoms with van der Waals surface area (Å²) in [7, 11) is 1.51. The molecule has 154 valence electrons. The van der Waals surface area contributed by atoms with Crippen molar-refractivity contribution < 1.29 is 27.9 Å². The van der Waals surface area contributed by atoms with E-state index < -0.39 is 17.7 Å². The van der Waals surface area contributed by atoms with E-state index in [-0.39, 0.29) is 44.3 Å². The fourth-order valence-corrected chi connectivity index (χ4v) is 3.23. The zero-order chi connectivity index (χ0) is 20.8. The van der Waals surface area contributed by atoms with E-state index in [1.165, 1.54) is 30.3 Å². The largest absolute Gasteiger partial charge is 0.488 e. The average molecular weight is 404 g/mol. The molecule has 1 aliphatic rings. The van der Waals surface area contributed by atoms with Gasteiger partial charge in [-0.1, -0.05) is 18.2 Å². The van der Waals surface area contributed by atoms with Crippen molar-refractivity contribution in [2.75, 3.05) is 7.05 Å². The number of hydrogen-bond acceptors (Lipinski definition) is 5. The van der Waals surface area contributed by atoms with Gasteiger partial charge in [0.15, 0.2) is 0 Å². The molecule has 0 aromatic heterocycles. The molecule has 6 nitrogen and oxygen atoms in total. The Hall–Kier alpha value is -2.84. The van der Waals surface area contributed by atoms with Crippen molar-refractivity contribution in [1.29, 1.82) is 0 Å². The summed E-state index contributed by atoms with van der Waals surface area (Å²) < 4.78 is 33.6. The molecule has 3 rings (SSSR count). The maximum Gasteiger partial charge on any atom is 0.239 e. The topological polar surface area (TPSA) is 67.9 Å². The van der Waals surface area contributed by atoms with E-state index in [1.54, 1.807) is 18.2 Å². The molecule has 0 radical (unpaired) electrons. The molecule has 0 aliphatic carbocycles. The first-order chi connectivity index (χ1) is 14.0. The Labute approximate surface area is 167 Å². The van der Waals surface area contributed by atoms with Gasteiger partial charge in [-0.25, -0.2) is 8.78 Å². The van der Waals surface area contributed by atoms with Crippen LogP contribution in [0.2, 0.25) is 0 Å². The number of halogens is 2. The molecule has 1 unspecified atom stereocenters. The highest BCUT2D eigenvalue weighted by atomic mass is 19.1. The van der Waals surface area contributed by atoms with Gasteiger partial charge in [-0.3, -0.25) is 9.63 Å². The standard InChI is InChI=1S/C21H22F2N2O4/c1-24-21(27)19(7-4-8-26)25-11-17-15(13-29-25)9-16(22)10-20(17)28-12-14-5-2-3-6-18(14)23/h2-3,5-6,8-10,19H,4,7,11-13H2,1H3,(H,24,27). The first-order valence-corrected chi connectivity index (χ1v) is 9.25. The number of fused-ring (bicyclic) bond motifs is 1. The summed E-state index contributed by atoms with van der Waals surface area (Å²) in [6, 6.07) is 8.11. The van der Waals surface area contributed by atoms with Crippen LogP contribution in [0.1, 0.15) is 29.5 Å². The number of nitrogens with one attached hydrogen (secondary N) is 1. The van der Waals surface area contributed by atoms with E-state index in [0.717, 1.165) is 6.29 Å². The zero-order valence-corrected chi connectivity index (χ0v) is 16.0. The molecule has 0 spiro atoms. The summed E-state index contributed by atoms with van der Waals surface area (Å²) in [5, 5.41) is 4.03. The van der Waals surface area contributed by atoms with Crippen LogP contribution in [0, 0.1) is 11.6 Å². The molecule has 1 heterocycles. The average Bonchev–Trinajstić information content (AvgIpc) is 2.73. The van der Waals surface area contributed by atoms with Gasteiger partial charge in [0.2, 0.25) is 5.91 Å². The normalized spacial score (nSPS) is 14.7. The molecular weight excluding hydrogens is 382 g/mol. The van der Waals surface area contributed by atoms with Crippen molar-refractivity contribution in [2.24, 2.45) is 0 Å². The Morgan fingerprint density at radius 2 is 2.14 bits per heavy atom. The van der Waals surface area contributed by atoms with Crippen LogP contribution in [0.5, 0.6) is 5.75 Å². The predicted molar refractivity (Wildman–Crippen MR) is 101 cm³/mol. The second-order valence-corrected chi connectivity index (χ2v) is 6.64. The summed E-state index contributed by atoms with van der Waals surface area (Å²) in [6.45, 7) is 0.157. The summed E-state index contributed by atoms with van der Waals surface area (Å²) >= 11 is 0. The van der Waals surface area contributed by atoms with Crippen molar-refractivity contribution in [1.82, 2.24) is 10.4 Å². The van der Waals surface area contributed by atoms with Crippen LogP contribution in [0.3, 0.4) is 0 Å². The van der Waals surface area contributed by atoms with Crippen LogP contribution in [0.25, 0.3) is 0 Å². The summed E-state index contributed by atoms with van der Waals surface area (Å²) in [4.78, 5) is 28.6. The van der Waals surface area contributed by atoms with E-state index in [4.69, 9.17) is 9.57 Å². The molecule has 1 N–H and O–H groups in total. The highest BCUT2D eigenvalue weighted by molar-refractivity contribution is 5.81. The van der Waals surface area contributed by atoms with E-state index in [2.05, 4.69) is 5.32 Å². The second-order valence-electron chi connectivity index (χ2n) is 6.64. The number of amides is 1. The first-order valence-electron chi connectivity index (χ1n) is 9.25. The Morgan fingerprint density at radius 3 is 2.86 bits per heavy atom. The van der Waals surface area contributed by atoms with Crippen molar-refractivity contribution >= 4 is 12.2 Å². The quantitative estimate of drug-likeness (QED) is 0.686. The van der Waals surface area contributed by atoms with Crippen LogP contribution in [0.4, 0.5) is 8.78 Å². The van der Waals surface area contributed by atoms with Crippen molar-refractivity contribution in [3.8, 4) is 5.75 Å². The lowest BCUT2D eigenvalue weighted by Gasteiger charge is -2.34. The molecule has 0 saturated carbocycles. The van der Waals surface area contributed by atoms with Crippen LogP contribution in [0.15, 0.2) is 36.4 Å². The van der Waals surface area contributed by atoms with Gasteiger partial charge < -0.3 is 14.8 Å². The third-order valence-corrected chi connectivity index (χ3v) is 4.76. The Morgan fingerprint density at radius 1 is 1.34 bits per heavy atom. The lowest BCUT2D eigenvalue weighted by molar-refractivity contribution is -0.214. The predicted octanol–water partition coefficient (Wildman–Crippen LogP) is 2.88. The SMILES string of the molecule is CNC(=O)C(CCC=O)N1Cc2c(cc(F)cc2OCc2ccccc2F)CO1. The lowest BCUT2D eigenvalue weighted by atomic mass is 10.0. The number of aldehydes is 1. The first kappa shape index (κ1) is 20.9. The van der Waals surface area contributed by atoms with Crippen molar-refractivity contribution in [3.63, 3.8) is 0 Å². The van der Waals surface area contributed by atoms with E-state index >= 15 is 0 Å². The third kappa shape index (κ3) is 4.96. The maximum absolute atomic E-state index is 14.0. The maximum atomic E-state index is 14.0. The molecular formula is C21H22F2N2O4. The fraction of sp³-hybridized carbons (Fsp3) is 0.333. The van der Waals surface area contributed by atoms with Crippen LogP contribution < -0.4 is 10.1 Å². The van der Waals surface area contributed by atoms with Crippen molar-refractivity contribution in [2.45, 2.75) is 38.6 Å². The number of hydrogen-bond donors (Lipinski definition) is 1. The van der Waals surface area contributed by atoms with E-state index in [0.29, 0.717) is 16.7 Å². The summed E-state index contributed by atoms with van der Waals surface area (Å²) in [6.07, 6.45) is 1.22. The fourth-order valence-electron chi connectivity index (χ4n) is 3.23. The Kier molecular flexibility index (Phi) is 6.90. The van der Waals surface area contributed by atoms with Crippen LogP contribution >= 0.6 is 0 Å². The number of nitrogens with zero attached hydrogens (tertiary/aromatic N) is 1. The van der Waals surface area contributed by atoms with Gasteiger partial charge in [0, 0.05) is 30.7 Å². The lowest BCUT2D eigenvalue weighted by Crippen LogP contribution is -2.47. The van der Waals surface area contributed by atoms with Crippen LogP contribution in [-0.2, 0) is 34.2 Å². The number of rotatable bonds is 8. The van der Waals surface area contributed by atoms with Gasteiger partial charge in [-0.05, 0) is 24.1 Å². The highest BCUT2D eigenvalue weighted by Crippen LogP contribution is 2.32. The molecule has 1 aliphatic heterocycles. The number of carbonyl (C=O) groups is 2. The molecule has 1 atom stereocenters. The van der Waals surface area contributed by atoms with Gasteiger partial charge in [0.05, 0.1) is 13.2 Å². The number of ether oxygens (including phenoxy) is 1. The third-order valence-electron chi connectivity index (χ3n) is 4.76. The second kappa shape index (κ2) is 9.58. The number of carbonyl (C=O) groups excluding carboxylic acids is 2. The molecule has 0 bridgehead atoms. The zero-order valence-electron chi connectivity index (χ0n) is 16.0. The highest BCUT2D eigenvalue weighted by Gasteiger charge is 2.31. The summed E-state index contributed by atoms with van der Waals surface area (Å²) in [5.41, 5.74) is 1.61. The minimum atomic E-state index is -0.678. The van der Waals surface area contributed by atoms with Gasteiger partial charge in [0.1, 0.15) is 36.3 Å². The van der Waals surface area contributed by atoms with E-state index in [1.807, 2.05) is 0 Å². The van der Waals surface area contributed by atoms with Gasteiger partial charge in [0.25, 0.3) is 0 Å². The monoisotopic (exact) mass is 404 g/mol. The number of likely N-dealkylation sites (N-methyl/N-ethyl adjacent to an activating group) is 1. The molecule has 8 heteroatoms. The molecule has 29 heavy (non-hydrogen) atoms.